The van der Waals surface area contributed by atoms with Crippen LogP contribution < -0.4 is 20.1 Å². The van der Waals surface area contributed by atoms with Crippen molar-refractivity contribution < 1.29 is 14.3 Å². The summed E-state index contributed by atoms with van der Waals surface area (Å²) >= 11 is 0. The number of fused-ring (bicyclic) bond motifs is 1. The molecule has 1 aromatic carbocycles. The average Bonchev–Trinajstić information content (AvgIpc) is 3.32. The van der Waals surface area contributed by atoms with Gasteiger partial charge < -0.3 is 20.1 Å². The Kier molecular flexibility index (Phi) is 5.84. The van der Waals surface area contributed by atoms with Crippen molar-refractivity contribution in [2.75, 3.05) is 24.9 Å². The highest BCUT2D eigenvalue weighted by molar-refractivity contribution is 6.05. The Morgan fingerprint density at radius 1 is 1.09 bits per heavy atom. The van der Waals surface area contributed by atoms with E-state index in [1.807, 2.05) is 25.1 Å². The third-order valence-electron chi connectivity index (χ3n) is 5.65. The third-order valence-corrected chi connectivity index (χ3v) is 5.65. The Morgan fingerprint density at radius 3 is 2.69 bits per heavy atom. The number of carbonyl (C=O) groups excluding carboxylic acids is 1. The third kappa shape index (κ3) is 4.17. The largest absolute Gasteiger partial charge is 0.497 e. The second kappa shape index (κ2) is 9.26. The second-order valence-electron chi connectivity index (χ2n) is 7.79. The lowest BCUT2D eigenvalue weighted by Gasteiger charge is -2.29. The van der Waals surface area contributed by atoms with Crippen molar-refractivity contribution in [3.8, 4) is 22.9 Å². The van der Waals surface area contributed by atoms with Crippen LogP contribution in [0.4, 0.5) is 11.8 Å². The lowest BCUT2D eigenvalue weighted by atomic mass is 9.94. The molecule has 1 aliphatic heterocycles. The number of allylic oxidation sites excluding steroid dienone is 1. The van der Waals surface area contributed by atoms with E-state index in [9.17, 15) is 4.79 Å². The van der Waals surface area contributed by atoms with E-state index in [-0.39, 0.29) is 5.91 Å². The molecule has 2 N–H and O–H groups in total. The Bertz CT molecular complexity index is 1400. The summed E-state index contributed by atoms with van der Waals surface area (Å²) in [5.74, 6) is 2.29. The number of pyridine rings is 2. The van der Waals surface area contributed by atoms with Crippen LogP contribution >= 0.6 is 0 Å². The van der Waals surface area contributed by atoms with Gasteiger partial charge in [-0.2, -0.15) is 4.98 Å². The van der Waals surface area contributed by atoms with Gasteiger partial charge in [-0.25, -0.2) is 9.67 Å². The first-order chi connectivity index (χ1) is 17.1. The number of benzene rings is 1. The molecule has 4 heterocycles. The molecular formula is C25H23N7O3. The summed E-state index contributed by atoms with van der Waals surface area (Å²) in [7, 11) is 3.17. The van der Waals surface area contributed by atoms with E-state index in [1.165, 1.54) is 0 Å². The molecule has 5 rings (SSSR count). The van der Waals surface area contributed by atoms with Crippen LogP contribution in [0.3, 0.4) is 0 Å². The number of nitrogens with one attached hydrogen (secondary N) is 2. The number of anilines is 2. The second-order valence-corrected chi connectivity index (χ2v) is 7.79. The summed E-state index contributed by atoms with van der Waals surface area (Å²) in [6, 6.07) is 13.8. The molecule has 0 fully saturated rings. The molecule has 0 spiro atoms. The number of aromatic nitrogens is 5. The highest BCUT2D eigenvalue weighted by Gasteiger charge is 2.36. The summed E-state index contributed by atoms with van der Waals surface area (Å²) < 4.78 is 12.8. The fourth-order valence-electron chi connectivity index (χ4n) is 4.02. The summed E-state index contributed by atoms with van der Waals surface area (Å²) in [4.78, 5) is 26.7. The fraction of sp³-hybridized carbons (Fsp3) is 0.160. The molecule has 0 bridgehead atoms. The van der Waals surface area contributed by atoms with Gasteiger partial charge in [0.05, 0.1) is 19.8 Å². The Morgan fingerprint density at radius 2 is 1.97 bits per heavy atom. The van der Waals surface area contributed by atoms with Crippen LogP contribution in [0.5, 0.6) is 11.5 Å². The summed E-state index contributed by atoms with van der Waals surface area (Å²) in [6.07, 6.45) is 5.00. The smallest absolute Gasteiger partial charge is 0.257 e. The molecule has 4 aromatic rings. The summed E-state index contributed by atoms with van der Waals surface area (Å²) in [6.45, 7) is 1.83. The highest BCUT2D eigenvalue weighted by Crippen LogP contribution is 2.41. The van der Waals surface area contributed by atoms with Gasteiger partial charge in [-0.1, -0.05) is 6.07 Å². The van der Waals surface area contributed by atoms with E-state index < -0.39 is 6.04 Å². The van der Waals surface area contributed by atoms with Crippen LogP contribution in [0.15, 0.2) is 78.4 Å². The molecular weight excluding hydrogens is 446 g/mol. The van der Waals surface area contributed by atoms with Gasteiger partial charge in [-0.3, -0.25) is 9.78 Å². The topological polar surface area (TPSA) is 116 Å². The minimum absolute atomic E-state index is 0.326. The molecule has 1 atom stereocenters. The molecule has 1 aliphatic rings. The van der Waals surface area contributed by atoms with Crippen molar-refractivity contribution in [1.82, 2.24) is 24.7 Å². The minimum atomic E-state index is -0.655. The van der Waals surface area contributed by atoms with Crippen LogP contribution in [0, 0.1) is 0 Å². The van der Waals surface area contributed by atoms with Gasteiger partial charge >= 0.3 is 0 Å². The normalized spacial score (nSPS) is 14.7. The zero-order valence-electron chi connectivity index (χ0n) is 19.4. The average molecular weight is 470 g/mol. The molecule has 35 heavy (non-hydrogen) atoms. The van der Waals surface area contributed by atoms with E-state index >= 15 is 0 Å². The molecule has 0 radical (unpaired) electrons. The van der Waals surface area contributed by atoms with Gasteiger partial charge in [-0.05, 0) is 49.4 Å². The van der Waals surface area contributed by atoms with Crippen LogP contribution in [-0.2, 0) is 4.79 Å². The molecule has 0 aliphatic carbocycles. The quantitative estimate of drug-likeness (QED) is 0.439. The number of ether oxygens (including phenoxy) is 2. The molecule has 10 nitrogen and oxygen atoms in total. The maximum absolute atomic E-state index is 13.6. The molecule has 0 saturated heterocycles. The van der Waals surface area contributed by atoms with E-state index in [0.717, 1.165) is 5.56 Å². The standard InChI is InChI=1S/C25H23N7O3/c1-15-21(24(33)29-20-8-4-5-12-27-20)22(18-13-17(34-2)9-10-19(18)35-3)32-25(28-15)30-23(31-32)16-7-6-11-26-14-16/h4-14,22H,1-3H3,(H,27,29,33)(H,28,30,31). The Hall–Kier alpha value is -4.73. The zero-order valence-corrected chi connectivity index (χ0v) is 19.4. The number of amides is 1. The zero-order chi connectivity index (χ0) is 24.4. The lowest BCUT2D eigenvalue weighted by Crippen LogP contribution is -2.32. The van der Waals surface area contributed by atoms with E-state index in [2.05, 4.69) is 25.6 Å². The predicted molar refractivity (Wildman–Crippen MR) is 130 cm³/mol. The van der Waals surface area contributed by atoms with Crippen molar-refractivity contribution in [3.63, 3.8) is 0 Å². The van der Waals surface area contributed by atoms with Crippen LogP contribution in [-0.4, -0.2) is 44.9 Å². The molecule has 3 aromatic heterocycles. The van der Waals surface area contributed by atoms with Crippen molar-refractivity contribution >= 4 is 17.7 Å². The van der Waals surface area contributed by atoms with Gasteiger partial charge in [0.25, 0.3) is 5.91 Å². The van der Waals surface area contributed by atoms with Crippen LogP contribution in [0.25, 0.3) is 11.4 Å². The molecule has 10 heteroatoms. The first-order valence-corrected chi connectivity index (χ1v) is 10.9. The number of carbonyl (C=O) groups is 1. The van der Waals surface area contributed by atoms with E-state index in [1.54, 1.807) is 67.8 Å². The minimum Gasteiger partial charge on any atom is -0.497 e. The number of nitrogens with zero attached hydrogens (tertiary/aromatic N) is 5. The summed E-state index contributed by atoms with van der Waals surface area (Å²) in [5.41, 5.74) is 2.52. The SMILES string of the molecule is COc1ccc(OC)c(C2C(C(=O)Nc3ccccn3)=C(C)Nc3nc(-c4cccnc4)nn32)c1. The monoisotopic (exact) mass is 469 g/mol. The fourth-order valence-corrected chi connectivity index (χ4v) is 4.02. The van der Waals surface area contributed by atoms with Crippen molar-refractivity contribution in [1.29, 1.82) is 0 Å². The van der Waals surface area contributed by atoms with Crippen molar-refractivity contribution in [2.24, 2.45) is 0 Å². The predicted octanol–water partition coefficient (Wildman–Crippen LogP) is 3.68. The molecule has 1 unspecified atom stereocenters. The molecule has 1 amide bonds. The maximum atomic E-state index is 13.6. The lowest BCUT2D eigenvalue weighted by molar-refractivity contribution is -0.113. The molecule has 176 valence electrons. The van der Waals surface area contributed by atoms with Gasteiger partial charge in [-0.15, -0.1) is 5.10 Å². The number of rotatable bonds is 6. The van der Waals surface area contributed by atoms with Gasteiger partial charge in [0, 0.05) is 35.4 Å². The number of methoxy groups -OCH3 is 2. The van der Waals surface area contributed by atoms with Gasteiger partial charge in [0.2, 0.25) is 5.95 Å². The Labute approximate surface area is 201 Å². The maximum Gasteiger partial charge on any atom is 0.257 e. The summed E-state index contributed by atoms with van der Waals surface area (Å²) in [5, 5.41) is 10.9. The van der Waals surface area contributed by atoms with Crippen LogP contribution in [0.1, 0.15) is 18.5 Å². The highest BCUT2D eigenvalue weighted by atomic mass is 16.5. The van der Waals surface area contributed by atoms with E-state index in [4.69, 9.17) is 14.6 Å². The first-order valence-electron chi connectivity index (χ1n) is 10.9. The Balaban J connectivity index is 1.67. The molecule has 0 saturated carbocycles. The first kappa shape index (κ1) is 22.1. The van der Waals surface area contributed by atoms with Crippen molar-refractivity contribution in [2.45, 2.75) is 13.0 Å². The number of hydrogen-bond acceptors (Lipinski definition) is 8. The van der Waals surface area contributed by atoms with Gasteiger partial charge in [0.1, 0.15) is 23.4 Å². The van der Waals surface area contributed by atoms with E-state index in [0.29, 0.717) is 45.9 Å². The number of hydrogen-bond donors (Lipinski definition) is 2. The van der Waals surface area contributed by atoms with Crippen LogP contribution in [0.2, 0.25) is 0 Å². The van der Waals surface area contributed by atoms with Crippen molar-refractivity contribution in [3.05, 3.63) is 84.0 Å². The van der Waals surface area contributed by atoms with Gasteiger partial charge in [0.15, 0.2) is 5.82 Å².